The molecular weight excluding hydrogens is 481 g/mol. The molecule has 3 atom stereocenters. The van der Waals surface area contributed by atoms with Crippen LogP contribution in [-0.4, -0.2) is 51.4 Å². The molecule has 1 aromatic carbocycles. The number of pyridine rings is 1. The number of alkyl halides is 3. The van der Waals surface area contributed by atoms with Crippen LogP contribution in [0.25, 0.3) is 0 Å². The number of nitrogens with zero attached hydrogens (tertiary/aromatic N) is 2. The molecule has 1 saturated heterocycles. The first-order valence-corrected chi connectivity index (χ1v) is 10.7. The molecule has 35 heavy (non-hydrogen) atoms. The van der Waals surface area contributed by atoms with Crippen LogP contribution < -0.4 is 10.7 Å². The first kappa shape index (κ1) is 24.6. The lowest BCUT2D eigenvalue weighted by Crippen LogP contribution is -2.55. The molecule has 2 amide bonds. The summed E-state index contributed by atoms with van der Waals surface area (Å²) in [6, 6.07) is -1.57. The third-order valence-electron chi connectivity index (χ3n) is 6.04. The molecule has 188 valence electrons. The van der Waals surface area contributed by atoms with E-state index in [0.717, 1.165) is 10.8 Å². The second-order valence-electron chi connectivity index (χ2n) is 8.24. The summed E-state index contributed by atoms with van der Waals surface area (Å²) in [5.74, 6) is -6.07. The molecule has 8 nitrogen and oxygen atoms in total. The lowest BCUT2D eigenvalue weighted by Gasteiger charge is -2.43. The van der Waals surface area contributed by atoms with Gasteiger partial charge in [0.15, 0.2) is 23.7 Å². The fourth-order valence-electron chi connectivity index (χ4n) is 4.23. The molecular formula is C22H20F5N3O5. The highest BCUT2D eigenvalue weighted by Crippen LogP contribution is 2.35. The molecule has 1 fully saturated rings. The number of hydrogen-bond acceptors (Lipinski definition) is 5. The monoisotopic (exact) mass is 501 g/mol. The number of aromatic hydroxyl groups is 1. The zero-order valence-corrected chi connectivity index (χ0v) is 18.2. The Morgan fingerprint density at radius 3 is 2.63 bits per heavy atom. The van der Waals surface area contributed by atoms with Crippen molar-refractivity contribution in [3.63, 3.8) is 0 Å². The average molecular weight is 501 g/mol. The summed E-state index contributed by atoms with van der Waals surface area (Å²) < 4.78 is 75.1. The molecule has 2 aliphatic heterocycles. The van der Waals surface area contributed by atoms with Crippen molar-refractivity contribution in [3.8, 4) is 5.75 Å². The minimum atomic E-state index is -5.21. The standard InChI is InChI=1S/C22H20F5N3O5/c1-2-11-5-6-30-15(35-11)9-29-8-13(17(31)18(32)16(29)21(30)34)20(33)28-19(22(25,26)27)12-4-3-10(23)7-14(12)24/h3-4,7-8,11,15,19,32H,2,5-6,9H2,1H3,(H,28,33)/t11-,15?,19?/m1/s1. The van der Waals surface area contributed by atoms with E-state index in [2.05, 4.69) is 0 Å². The van der Waals surface area contributed by atoms with Gasteiger partial charge in [-0.2, -0.15) is 13.2 Å². The number of aromatic nitrogens is 1. The summed E-state index contributed by atoms with van der Waals surface area (Å²) in [4.78, 5) is 39.5. The van der Waals surface area contributed by atoms with Gasteiger partial charge >= 0.3 is 6.18 Å². The second-order valence-corrected chi connectivity index (χ2v) is 8.24. The van der Waals surface area contributed by atoms with Crippen LogP contribution in [0, 0.1) is 11.6 Å². The summed E-state index contributed by atoms with van der Waals surface area (Å²) in [7, 11) is 0. The Morgan fingerprint density at radius 2 is 2.00 bits per heavy atom. The Morgan fingerprint density at radius 1 is 1.29 bits per heavy atom. The fourth-order valence-corrected chi connectivity index (χ4v) is 4.23. The zero-order chi connectivity index (χ0) is 25.7. The maximum atomic E-state index is 14.1. The van der Waals surface area contributed by atoms with Crippen molar-refractivity contribution in [2.24, 2.45) is 0 Å². The van der Waals surface area contributed by atoms with E-state index in [-0.39, 0.29) is 18.7 Å². The van der Waals surface area contributed by atoms with Gasteiger partial charge in [0, 0.05) is 24.4 Å². The topological polar surface area (TPSA) is 101 Å². The van der Waals surface area contributed by atoms with E-state index in [0.29, 0.717) is 31.5 Å². The van der Waals surface area contributed by atoms with Crippen molar-refractivity contribution in [1.82, 2.24) is 14.8 Å². The molecule has 13 heteroatoms. The number of hydrogen-bond donors (Lipinski definition) is 2. The van der Waals surface area contributed by atoms with Crippen LogP contribution >= 0.6 is 0 Å². The molecule has 4 rings (SSSR count). The molecule has 0 spiro atoms. The van der Waals surface area contributed by atoms with Crippen molar-refractivity contribution >= 4 is 11.8 Å². The zero-order valence-electron chi connectivity index (χ0n) is 18.2. The maximum Gasteiger partial charge on any atom is 0.412 e. The van der Waals surface area contributed by atoms with Crippen molar-refractivity contribution in [2.45, 2.75) is 50.9 Å². The molecule has 1 aromatic heterocycles. The number of rotatable bonds is 4. The number of ether oxygens (including phenoxy) is 1. The highest BCUT2D eigenvalue weighted by atomic mass is 19.4. The molecule has 2 N–H and O–H groups in total. The van der Waals surface area contributed by atoms with Crippen LogP contribution in [0.15, 0.2) is 29.2 Å². The van der Waals surface area contributed by atoms with E-state index in [1.165, 1.54) is 10.2 Å². The highest BCUT2D eigenvalue weighted by molar-refractivity contribution is 5.99. The number of carbonyl (C=O) groups is 2. The van der Waals surface area contributed by atoms with Gasteiger partial charge in [0.1, 0.15) is 17.2 Å². The van der Waals surface area contributed by atoms with Gasteiger partial charge in [0.05, 0.1) is 12.6 Å². The SMILES string of the molecule is CC[C@@H]1CCN2C(=O)c3c(O)c(=O)c(C(=O)NC(c4ccc(F)cc4F)C(F)(F)F)cn3CC2O1. The third kappa shape index (κ3) is 4.47. The van der Waals surface area contributed by atoms with E-state index < -0.39 is 69.9 Å². The normalized spacial score (nSPS) is 20.7. The summed E-state index contributed by atoms with van der Waals surface area (Å²) >= 11 is 0. The minimum Gasteiger partial charge on any atom is -0.503 e. The minimum absolute atomic E-state index is 0.0824. The van der Waals surface area contributed by atoms with E-state index in [1.54, 1.807) is 0 Å². The van der Waals surface area contributed by atoms with Crippen LogP contribution in [-0.2, 0) is 11.3 Å². The molecule has 0 radical (unpaired) electrons. The van der Waals surface area contributed by atoms with Gasteiger partial charge in [-0.3, -0.25) is 14.4 Å². The number of amides is 2. The predicted octanol–water partition coefficient (Wildman–Crippen LogP) is 2.85. The van der Waals surface area contributed by atoms with Gasteiger partial charge in [-0.25, -0.2) is 8.78 Å². The molecule has 0 bridgehead atoms. The van der Waals surface area contributed by atoms with E-state index in [1.807, 2.05) is 6.92 Å². The first-order chi connectivity index (χ1) is 16.4. The van der Waals surface area contributed by atoms with Gasteiger partial charge in [-0.15, -0.1) is 0 Å². The number of halogens is 5. The Labute approximate surface area is 194 Å². The average Bonchev–Trinajstić information content (AvgIpc) is 2.79. The lowest BCUT2D eigenvalue weighted by atomic mass is 10.0. The summed E-state index contributed by atoms with van der Waals surface area (Å²) in [5.41, 5.74) is -3.75. The van der Waals surface area contributed by atoms with Gasteiger partial charge in [0.25, 0.3) is 11.8 Å². The number of benzene rings is 1. The smallest absolute Gasteiger partial charge is 0.412 e. The quantitative estimate of drug-likeness (QED) is 0.628. The molecule has 0 saturated carbocycles. The fraction of sp³-hybridized carbons (Fsp3) is 0.409. The van der Waals surface area contributed by atoms with Crippen molar-refractivity contribution in [1.29, 1.82) is 0 Å². The van der Waals surface area contributed by atoms with E-state index in [9.17, 15) is 41.4 Å². The lowest BCUT2D eigenvalue weighted by molar-refractivity contribution is -0.155. The van der Waals surface area contributed by atoms with Crippen molar-refractivity contribution in [2.75, 3.05) is 6.54 Å². The Balaban J connectivity index is 1.70. The third-order valence-corrected chi connectivity index (χ3v) is 6.04. The predicted molar refractivity (Wildman–Crippen MR) is 110 cm³/mol. The first-order valence-electron chi connectivity index (χ1n) is 10.7. The van der Waals surface area contributed by atoms with Crippen LogP contribution in [0.1, 0.15) is 52.2 Å². The maximum absolute atomic E-state index is 14.1. The molecule has 2 aromatic rings. The van der Waals surface area contributed by atoms with Crippen LogP contribution in [0.5, 0.6) is 5.75 Å². The van der Waals surface area contributed by atoms with E-state index in [4.69, 9.17) is 4.74 Å². The Hall–Kier alpha value is -3.48. The van der Waals surface area contributed by atoms with Gasteiger partial charge < -0.3 is 24.6 Å². The summed E-state index contributed by atoms with van der Waals surface area (Å²) in [6.07, 6.45) is -4.03. The summed E-state index contributed by atoms with van der Waals surface area (Å²) in [5, 5.41) is 11.9. The van der Waals surface area contributed by atoms with Gasteiger partial charge in [-0.1, -0.05) is 13.0 Å². The largest absolute Gasteiger partial charge is 0.503 e. The molecule has 2 aliphatic rings. The number of fused-ring (bicyclic) bond motifs is 2. The Kier molecular flexibility index (Phi) is 6.30. The number of carbonyl (C=O) groups excluding carboxylic acids is 2. The molecule has 3 heterocycles. The number of nitrogens with one attached hydrogen (secondary N) is 1. The highest BCUT2D eigenvalue weighted by Gasteiger charge is 2.44. The second kappa shape index (κ2) is 8.95. The van der Waals surface area contributed by atoms with Gasteiger partial charge in [0.2, 0.25) is 5.43 Å². The Bertz CT molecular complexity index is 1250. The molecule has 2 unspecified atom stereocenters. The van der Waals surface area contributed by atoms with Crippen molar-refractivity contribution < 1.29 is 41.4 Å². The molecule has 0 aliphatic carbocycles. The van der Waals surface area contributed by atoms with Crippen molar-refractivity contribution in [3.05, 3.63) is 63.1 Å². The van der Waals surface area contributed by atoms with Crippen LogP contribution in [0.3, 0.4) is 0 Å². The van der Waals surface area contributed by atoms with E-state index >= 15 is 0 Å². The van der Waals surface area contributed by atoms with Crippen LogP contribution in [0.4, 0.5) is 22.0 Å². The van der Waals surface area contributed by atoms with Gasteiger partial charge in [-0.05, 0) is 18.9 Å². The van der Waals surface area contributed by atoms with Crippen LogP contribution in [0.2, 0.25) is 0 Å². The summed E-state index contributed by atoms with van der Waals surface area (Å²) in [6.45, 7) is 2.13.